The number of hydrogen-bond donors (Lipinski definition) is 1. The van der Waals surface area contributed by atoms with Crippen LogP contribution in [0.2, 0.25) is 0 Å². The van der Waals surface area contributed by atoms with Crippen LogP contribution >= 0.6 is 0 Å². The van der Waals surface area contributed by atoms with Crippen LogP contribution in [0.5, 0.6) is 0 Å². The molecule has 1 aromatic rings. The van der Waals surface area contributed by atoms with E-state index in [1.54, 1.807) is 12.1 Å². The molecule has 0 spiro atoms. The molecule has 1 rings (SSSR count). The molecule has 0 aliphatic heterocycles. The first kappa shape index (κ1) is 14.7. The second-order valence-corrected chi connectivity index (χ2v) is 4.21. The van der Waals surface area contributed by atoms with E-state index >= 15 is 0 Å². The van der Waals surface area contributed by atoms with Gasteiger partial charge in [0.1, 0.15) is 5.76 Å². The fourth-order valence-electron chi connectivity index (χ4n) is 1.41. The number of carbonyl (C=O) groups excluding carboxylic acids is 1. The Kier molecular flexibility index (Phi) is 6.46. The molecule has 1 heterocycles. The van der Waals surface area contributed by atoms with E-state index in [2.05, 4.69) is 10.1 Å². The van der Waals surface area contributed by atoms with Gasteiger partial charge in [0.2, 0.25) is 5.76 Å². The Hall–Kier alpha value is -1.33. The molecule has 0 amide bonds. The van der Waals surface area contributed by atoms with Crippen LogP contribution in [0.3, 0.4) is 0 Å². The van der Waals surface area contributed by atoms with Gasteiger partial charge in [0, 0.05) is 6.61 Å². The van der Waals surface area contributed by atoms with E-state index in [-0.39, 0.29) is 11.9 Å². The van der Waals surface area contributed by atoms with Crippen LogP contribution in [-0.2, 0) is 16.0 Å². The Bertz CT molecular complexity index is 360. The van der Waals surface area contributed by atoms with Crippen LogP contribution in [0, 0.1) is 0 Å². The van der Waals surface area contributed by atoms with Gasteiger partial charge in [-0.3, -0.25) is 0 Å². The lowest BCUT2D eigenvalue weighted by atomic mass is 10.4. The maximum atomic E-state index is 11.2. The Morgan fingerprint density at radius 1 is 1.44 bits per heavy atom. The summed E-state index contributed by atoms with van der Waals surface area (Å²) in [6.45, 7) is 6.23. The summed E-state index contributed by atoms with van der Waals surface area (Å²) in [4.78, 5) is 11.2. The normalized spacial score (nSPS) is 10.9. The lowest BCUT2D eigenvalue weighted by Crippen LogP contribution is -2.17. The summed E-state index contributed by atoms with van der Waals surface area (Å²) in [7, 11) is 1.33. The molecule has 5 heteroatoms. The van der Waals surface area contributed by atoms with Crippen LogP contribution in [0.25, 0.3) is 0 Å². The molecule has 0 radical (unpaired) electrons. The molecule has 0 aliphatic rings. The minimum absolute atomic E-state index is 0.234. The number of esters is 1. The topological polar surface area (TPSA) is 60.7 Å². The second-order valence-electron chi connectivity index (χ2n) is 4.21. The summed E-state index contributed by atoms with van der Waals surface area (Å²) in [6.07, 6.45) is 1.22. The summed E-state index contributed by atoms with van der Waals surface area (Å²) in [6, 6.07) is 3.38. The molecular weight excluding hydrogens is 234 g/mol. The summed E-state index contributed by atoms with van der Waals surface area (Å²) in [5.74, 6) is 0.504. The zero-order valence-corrected chi connectivity index (χ0v) is 11.2. The minimum atomic E-state index is -0.452. The smallest absolute Gasteiger partial charge is 0.373 e. The van der Waals surface area contributed by atoms with Gasteiger partial charge in [0.05, 0.1) is 19.8 Å². The first-order valence-corrected chi connectivity index (χ1v) is 6.13. The Labute approximate surface area is 107 Å². The number of carbonyl (C=O) groups is 1. The lowest BCUT2D eigenvalue weighted by molar-refractivity contribution is 0.0563. The third-order valence-electron chi connectivity index (χ3n) is 2.30. The molecule has 1 N–H and O–H groups in total. The average molecular weight is 255 g/mol. The average Bonchev–Trinajstić information content (AvgIpc) is 2.81. The molecule has 1 aromatic heterocycles. The zero-order valence-electron chi connectivity index (χ0n) is 11.2. The van der Waals surface area contributed by atoms with Gasteiger partial charge in [-0.05, 0) is 38.9 Å². The van der Waals surface area contributed by atoms with Crippen molar-refractivity contribution in [1.29, 1.82) is 0 Å². The van der Waals surface area contributed by atoms with Gasteiger partial charge in [0.15, 0.2) is 0 Å². The first-order chi connectivity index (χ1) is 8.63. The van der Waals surface area contributed by atoms with Gasteiger partial charge in [-0.1, -0.05) is 0 Å². The minimum Gasteiger partial charge on any atom is -0.463 e. The molecule has 0 aromatic carbocycles. The van der Waals surface area contributed by atoms with Gasteiger partial charge in [-0.2, -0.15) is 0 Å². The first-order valence-electron chi connectivity index (χ1n) is 6.13. The Morgan fingerprint density at radius 3 is 2.89 bits per heavy atom. The molecule has 18 heavy (non-hydrogen) atoms. The maximum absolute atomic E-state index is 11.2. The molecule has 5 nitrogen and oxygen atoms in total. The highest BCUT2D eigenvalue weighted by atomic mass is 16.5. The van der Waals surface area contributed by atoms with Crippen molar-refractivity contribution in [2.24, 2.45) is 0 Å². The van der Waals surface area contributed by atoms with Gasteiger partial charge in [-0.15, -0.1) is 0 Å². The standard InChI is InChI=1S/C13H21NO4/c1-10(2)17-8-4-7-14-9-11-5-6-12(18-11)13(15)16-3/h5-6,10,14H,4,7-9H2,1-3H3. The number of hydrogen-bond acceptors (Lipinski definition) is 5. The molecule has 0 aliphatic carbocycles. The molecule has 102 valence electrons. The van der Waals surface area contributed by atoms with Crippen LogP contribution in [0.15, 0.2) is 16.5 Å². The van der Waals surface area contributed by atoms with Crippen molar-refractivity contribution < 1.29 is 18.7 Å². The van der Waals surface area contributed by atoms with Crippen LogP contribution in [0.4, 0.5) is 0 Å². The number of ether oxygens (including phenoxy) is 2. The van der Waals surface area contributed by atoms with Crippen molar-refractivity contribution in [3.8, 4) is 0 Å². The predicted octanol–water partition coefficient (Wildman–Crippen LogP) is 1.97. The molecule has 0 saturated heterocycles. The molecular formula is C13H21NO4. The SMILES string of the molecule is COC(=O)c1ccc(CNCCCOC(C)C)o1. The van der Waals surface area contributed by atoms with Crippen molar-refractivity contribution in [2.45, 2.75) is 32.9 Å². The summed E-state index contributed by atoms with van der Waals surface area (Å²) < 4.78 is 15.3. The monoisotopic (exact) mass is 255 g/mol. The highest BCUT2D eigenvalue weighted by Gasteiger charge is 2.10. The van der Waals surface area contributed by atoms with E-state index in [9.17, 15) is 4.79 Å². The third-order valence-corrected chi connectivity index (χ3v) is 2.30. The van der Waals surface area contributed by atoms with Crippen LogP contribution in [0.1, 0.15) is 36.6 Å². The van der Waals surface area contributed by atoms with Crippen molar-refractivity contribution >= 4 is 5.97 Å². The summed E-state index contributed by atoms with van der Waals surface area (Å²) in [5.41, 5.74) is 0. The lowest BCUT2D eigenvalue weighted by Gasteiger charge is -2.07. The number of nitrogens with one attached hydrogen (secondary N) is 1. The van der Waals surface area contributed by atoms with Crippen molar-refractivity contribution in [3.05, 3.63) is 23.7 Å². The number of furan rings is 1. The fourth-order valence-corrected chi connectivity index (χ4v) is 1.41. The molecule has 0 atom stereocenters. The number of methoxy groups -OCH3 is 1. The van der Waals surface area contributed by atoms with E-state index < -0.39 is 5.97 Å². The highest BCUT2D eigenvalue weighted by Crippen LogP contribution is 2.08. The predicted molar refractivity (Wildman–Crippen MR) is 67.5 cm³/mol. The molecule has 0 fully saturated rings. The number of rotatable bonds is 8. The van der Waals surface area contributed by atoms with E-state index in [0.717, 1.165) is 25.3 Å². The zero-order chi connectivity index (χ0) is 13.4. The van der Waals surface area contributed by atoms with Crippen molar-refractivity contribution in [1.82, 2.24) is 5.32 Å². The Morgan fingerprint density at radius 2 is 2.22 bits per heavy atom. The van der Waals surface area contributed by atoms with Gasteiger partial charge in [0.25, 0.3) is 0 Å². The van der Waals surface area contributed by atoms with Crippen LogP contribution < -0.4 is 5.32 Å². The highest BCUT2D eigenvalue weighted by molar-refractivity contribution is 5.86. The molecule has 0 unspecified atom stereocenters. The third kappa shape index (κ3) is 5.33. The van der Waals surface area contributed by atoms with Crippen molar-refractivity contribution in [2.75, 3.05) is 20.3 Å². The van der Waals surface area contributed by atoms with E-state index in [0.29, 0.717) is 6.54 Å². The largest absolute Gasteiger partial charge is 0.463 e. The van der Waals surface area contributed by atoms with Gasteiger partial charge >= 0.3 is 5.97 Å². The quantitative estimate of drug-likeness (QED) is 0.568. The van der Waals surface area contributed by atoms with Crippen LogP contribution in [-0.4, -0.2) is 32.3 Å². The van der Waals surface area contributed by atoms with E-state index in [1.165, 1.54) is 7.11 Å². The van der Waals surface area contributed by atoms with E-state index in [1.807, 2.05) is 13.8 Å². The summed E-state index contributed by atoms with van der Waals surface area (Å²) in [5, 5.41) is 3.22. The maximum Gasteiger partial charge on any atom is 0.373 e. The second kappa shape index (κ2) is 7.89. The van der Waals surface area contributed by atoms with Gasteiger partial charge in [-0.25, -0.2) is 4.79 Å². The molecule has 0 saturated carbocycles. The van der Waals surface area contributed by atoms with E-state index in [4.69, 9.17) is 9.15 Å². The van der Waals surface area contributed by atoms with Crippen molar-refractivity contribution in [3.63, 3.8) is 0 Å². The Balaban J connectivity index is 2.16. The summed E-state index contributed by atoms with van der Waals surface area (Å²) >= 11 is 0. The fraction of sp³-hybridized carbons (Fsp3) is 0.615. The van der Waals surface area contributed by atoms with Gasteiger partial charge < -0.3 is 19.2 Å². The molecule has 0 bridgehead atoms.